The fourth-order valence-electron chi connectivity index (χ4n) is 1.90. The van der Waals surface area contributed by atoms with E-state index in [9.17, 15) is 13.2 Å². The second-order valence-corrected chi connectivity index (χ2v) is 9.67. The Labute approximate surface area is 158 Å². The first-order chi connectivity index (χ1) is 11.4. The minimum atomic E-state index is -3.70. The fraction of sp³-hybridized carbons (Fsp3) is 0.267. The zero-order chi connectivity index (χ0) is 17.6. The topological polar surface area (TPSA) is 75.3 Å². The Morgan fingerprint density at radius 2 is 2.00 bits per heavy atom. The van der Waals surface area contributed by atoms with Crippen molar-refractivity contribution in [3.8, 4) is 0 Å². The molecule has 2 aromatic rings. The van der Waals surface area contributed by atoms with Crippen molar-refractivity contribution in [2.24, 2.45) is 0 Å². The van der Waals surface area contributed by atoms with Gasteiger partial charge in [-0.1, -0.05) is 22.0 Å². The summed E-state index contributed by atoms with van der Waals surface area (Å²) in [4.78, 5) is 12.5. The van der Waals surface area contributed by atoms with Crippen LogP contribution < -0.4 is 10.0 Å². The van der Waals surface area contributed by atoms with Gasteiger partial charge in [-0.15, -0.1) is 11.3 Å². The van der Waals surface area contributed by atoms with Crippen LogP contribution in [0.15, 0.2) is 50.5 Å². The number of thioether (sulfide) groups is 1. The summed E-state index contributed by atoms with van der Waals surface area (Å²) in [5, 5.41) is 4.44. The van der Waals surface area contributed by atoms with Crippen LogP contribution in [0, 0.1) is 0 Å². The second kappa shape index (κ2) is 9.00. The van der Waals surface area contributed by atoms with Crippen LogP contribution in [0.5, 0.6) is 0 Å². The van der Waals surface area contributed by atoms with Gasteiger partial charge in [0.15, 0.2) is 0 Å². The number of amides is 1. The Kier molecular flexibility index (Phi) is 7.30. The van der Waals surface area contributed by atoms with Gasteiger partial charge < -0.3 is 5.32 Å². The molecule has 0 aliphatic heterocycles. The molecule has 0 radical (unpaired) electrons. The molecule has 5 nitrogen and oxygen atoms in total. The normalized spacial score (nSPS) is 12.8. The Morgan fingerprint density at radius 3 is 2.58 bits per heavy atom. The highest BCUT2D eigenvalue weighted by molar-refractivity contribution is 9.10. The van der Waals surface area contributed by atoms with Crippen LogP contribution in [-0.2, 0) is 14.8 Å². The van der Waals surface area contributed by atoms with Crippen molar-refractivity contribution < 1.29 is 13.2 Å². The molecule has 130 valence electrons. The SMILES string of the molecule is CSCC[C@@H](NS(=O)(=O)c1cccs1)C(=O)Nc1ccc(Br)cc1. The highest BCUT2D eigenvalue weighted by Gasteiger charge is 2.26. The molecular formula is C15H17BrN2O3S3. The minimum Gasteiger partial charge on any atom is -0.325 e. The summed E-state index contributed by atoms with van der Waals surface area (Å²) < 4.78 is 28.4. The van der Waals surface area contributed by atoms with E-state index in [0.29, 0.717) is 17.9 Å². The lowest BCUT2D eigenvalue weighted by Crippen LogP contribution is -2.43. The molecular weight excluding hydrogens is 432 g/mol. The monoisotopic (exact) mass is 448 g/mol. The van der Waals surface area contributed by atoms with E-state index in [1.165, 1.54) is 6.07 Å². The van der Waals surface area contributed by atoms with E-state index in [-0.39, 0.29) is 10.1 Å². The molecule has 1 aromatic heterocycles. The number of nitrogens with one attached hydrogen (secondary N) is 2. The summed E-state index contributed by atoms with van der Waals surface area (Å²) >= 11 is 6.01. The predicted octanol–water partition coefficient (Wildman–Crippen LogP) is 3.55. The van der Waals surface area contributed by atoms with E-state index in [1.807, 2.05) is 18.4 Å². The van der Waals surface area contributed by atoms with Crippen molar-refractivity contribution in [3.05, 3.63) is 46.3 Å². The molecule has 24 heavy (non-hydrogen) atoms. The van der Waals surface area contributed by atoms with Crippen LogP contribution in [0.1, 0.15) is 6.42 Å². The van der Waals surface area contributed by atoms with Crippen LogP contribution in [-0.4, -0.2) is 32.4 Å². The summed E-state index contributed by atoms with van der Waals surface area (Å²) in [7, 11) is -3.70. The van der Waals surface area contributed by atoms with Crippen molar-refractivity contribution in [1.29, 1.82) is 0 Å². The zero-order valence-corrected chi connectivity index (χ0v) is 16.9. The maximum atomic E-state index is 12.5. The number of hydrogen-bond donors (Lipinski definition) is 2. The largest absolute Gasteiger partial charge is 0.325 e. The van der Waals surface area contributed by atoms with E-state index in [0.717, 1.165) is 15.8 Å². The summed E-state index contributed by atoms with van der Waals surface area (Å²) in [6, 6.07) is 9.48. The molecule has 0 unspecified atom stereocenters. The van der Waals surface area contributed by atoms with E-state index < -0.39 is 16.1 Å². The first kappa shape index (κ1) is 19.5. The highest BCUT2D eigenvalue weighted by Crippen LogP contribution is 2.18. The molecule has 2 rings (SSSR count). The molecule has 0 aliphatic rings. The van der Waals surface area contributed by atoms with Gasteiger partial charge in [-0.3, -0.25) is 4.79 Å². The van der Waals surface area contributed by atoms with Crippen LogP contribution in [0.4, 0.5) is 5.69 Å². The molecule has 0 saturated heterocycles. The lowest BCUT2D eigenvalue weighted by atomic mass is 10.2. The van der Waals surface area contributed by atoms with E-state index >= 15 is 0 Å². The molecule has 9 heteroatoms. The first-order valence-electron chi connectivity index (χ1n) is 7.03. The number of hydrogen-bond acceptors (Lipinski definition) is 5. The quantitative estimate of drug-likeness (QED) is 0.647. The summed E-state index contributed by atoms with van der Waals surface area (Å²) in [5.41, 5.74) is 0.618. The van der Waals surface area contributed by atoms with E-state index in [4.69, 9.17) is 0 Å². The highest BCUT2D eigenvalue weighted by atomic mass is 79.9. The number of halogens is 1. The second-order valence-electron chi connectivity index (χ2n) is 4.88. The average Bonchev–Trinajstić information content (AvgIpc) is 3.09. The smallest absolute Gasteiger partial charge is 0.250 e. The third-order valence-corrected chi connectivity index (χ3v) is 7.14. The van der Waals surface area contributed by atoms with Gasteiger partial charge >= 0.3 is 0 Å². The molecule has 1 atom stereocenters. The summed E-state index contributed by atoms with van der Waals surface area (Å²) in [6.45, 7) is 0. The summed E-state index contributed by atoms with van der Waals surface area (Å²) in [6.07, 6.45) is 2.32. The molecule has 0 bridgehead atoms. The Morgan fingerprint density at radius 1 is 1.29 bits per heavy atom. The lowest BCUT2D eigenvalue weighted by molar-refractivity contribution is -0.117. The number of benzene rings is 1. The molecule has 1 amide bonds. The van der Waals surface area contributed by atoms with Crippen molar-refractivity contribution in [2.75, 3.05) is 17.3 Å². The molecule has 0 saturated carbocycles. The van der Waals surface area contributed by atoms with Gasteiger partial charge in [0.1, 0.15) is 10.3 Å². The number of rotatable bonds is 8. The maximum absolute atomic E-state index is 12.5. The van der Waals surface area contributed by atoms with Crippen LogP contribution in [0.2, 0.25) is 0 Å². The van der Waals surface area contributed by atoms with E-state index in [2.05, 4.69) is 26.0 Å². The molecule has 0 fully saturated rings. The van der Waals surface area contributed by atoms with Crippen molar-refractivity contribution in [2.45, 2.75) is 16.7 Å². The first-order valence-corrected chi connectivity index (χ1v) is 11.6. The van der Waals surface area contributed by atoms with E-state index in [1.54, 1.807) is 35.3 Å². The predicted molar refractivity (Wildman–Crippen MR) is 104 cm³/mol. The zero-order valence-electron chi connectivity index (χ0n) is 12.9. The van der Waals surface area contributed by atoms with Crippen molar-refractivity contribution in [3.63, 3.8) is 0 Å². The van der Waals surface area contributed by atoms with Crippen LogP contribution in [0.3, 0.4) is 0 Å². The van der Waals surface area contributed by atoms with Gasteiger partial charge in [0.2, 0.25) is 5.91 Å². The van der Waals surface area contributed by atoms with Gasteiger partial charge in [-0.2, -0.15) is 16.5 Å². The molecule has 0 aliphatic carbocycles. The molecule has 1 aromatic carbocycles. The third kappa shape index (κ3) is 5.59. The summed E-state index contributed by atoms with van der Waals surface area (Å²) in [5.74, 6) is 0.303. The molecule has 2 N–H and O–H groups in total. The number of carbonyl (C=O) groups is 1. The third-order valence-electron chi connectivity index (χ3n) is 3.10. The average molecular weight is 449 g/mol. The lowest BCUT2D eigenvalue weighted by Gasteiger charge is -2.17. The molecule has 0 spiro atoms. The van der Waals surface area contributed by atoms with Crippen LogP contribution in [0.25, 0.3) is 0 Å². The number of carbonyl (C=O) groups excluding carboxylic acids is 1. The number of sulfonamides is 1. The minimum absolute atomic E-state index is 0.202. The van der Waals surface area contributed by atoms with Gasteiger partial charge in [0.05, 0.1) is 0 Å². The maximum Gasteiger partial charge on any atom is 0.250 e. The Bertz CT molecular complexity index is 762. The molecule has 1 heterocycles. The van der Waals surface area contributed by atoms with Gasteiger partial charge in [-0.05, 0) is 54.1 Å². The van der Waals surface area contributed by atoms with Gasteiger partial charge in [-0.25, -0.2) is 8.42 Å². The van der Waals surface area contributed by atoms with Crippen molar-refractivity contribution >= 4 is 60.6 Å². The standard InChI is InChI=1S/C15H17BrN2O3S3/c1-22-10-8-13(18-24(20,21)14-3-2-9-23-14)15(19)17-12-6-4-11(16)5-7-12/h2-7,9,13,18H,8,10H2,1H3,(H,17,19)/t13-/m1/s1. The van der Waals surface area contributed by atoms with Gasteiger partial charge in [0.25, 0.3) is 10.0 Å². The van der Waals surface area contributed by atoms with Crippen LogP contribution >= 0.6 is 39.0 Å². The fourth-order valence-corrected chi connectivity index (χ4v) is 4.88. The van der Waals surface area contributed by atoms with Crippen molar-refractivity contribution in [1.82, 2.24) is 4.72 Å². The number of thiophene rings is 1. The Balaban J connectivity index is 2.12. The number of anilines is 1. The Hall–Kier alpha value is -0.870. The van der Waals surface area contributed by atoms with Gasteiger partial charge in [0, 0.05) is 10.2 Å².